The number of hydrogen-bond acceptors (Lipinski definition) is 4. The van der Waals surface area contributed by atoms with E-state index in [9.17, 15) is 0 Å². The van der Waals surface area contributed by atoms with Crippen LogP contribution in [0.5, 0.6) is 0 Å². The van der Waals surface area contributed by atoms with Crippen LogP contribution < -0.4 is 0 Å². The van der Waals surface area contributed by atoms with E-state index in [0.717, 1.165) is 24.5 Å². The molecule has 0 radical (unpaired) electrons. The van der Waals surface area contributed by atoms with Crippen molar-refractivity contribution in [3.05, 3.63) is 35.7 Å². The van der Waals surface area contributed by atoms with Crippen LogP contribution >= 0.6 is 0 Å². The molecule has 19 heavy (non-hydrogen) atoms. The second kappa shape index (κ2) is 5.09. The Morgan fingerprint density at radius 3 is 3.00 bits per heavy atom. The van der Waals surface area contributed by atoms with Crippen molar-refractivity contribution in [2.75, 3.05) is 20.1 Å². The summed E-state index contributed by atoms with van der Waals surface area (Å²) in [6, 6.07) is 8.16. The van der Waals surface area contributed by atoms with Crippen LogP contribution in [0, 0.1) is 6.92 Å². The number of hydrogen-bond donors (Lipinski definition) is 0. The van der Waals surface area contributed by atoms with Gasteiger partial charge in [-0.1, -0.05) is 12.1 Å². The zero-order valence-corrected chi connectivity index (χ0v) is 11.5. The van der Waals surface area contributed by atoms with Gasteiger partial charge >= 0.3 is 0 Å². The van der Waals surface area contributed by atoms with Crippen LogP contribution in [0.1, 0.15) is 30.1 Å². The molecule has 1 atom stereocenters. The summed E-state index contributed by atoms with van der Waals surface area (Å²) in [5, 5.41) is 13.0. The molecule has 1 unspecified atom stereocenters. The van der Waals surface area contributed by atoms with Crippen LogP contribution in [-0.2, 0) is 0 Å². The highest BCUT2D eigenvalue weighted by Gasteiger charge is 2.23. The topological polar surface area (TPSA) is 46.8 Å². The predicted octanol–water partition coefficient (Wildman–Crippen LogP) is 1.78. The Morgan fingerprint density at radius 1 is 1.32 bits per heavy atom. The minimum Gasteiger partial charge on any atom is -0.306 e. The van der Waals surface area contributed by atoms with Crippen LogP contribution in [-0.4, -0.2) is 45.2 Å². The number of aryl methyl sites for hydroxylation is 1. The first-order valence-corrected chi connectivity index (χ1v) is 6.78. The van der Waals surface area contributed by atoms with Crippen LogP contribution in [0.2, 0.25) is 0 Å². The lowest BCUT2D eigenvalue weighted by Gasteiger charge is -2.27. The molecule has 0 bridgehead atoms. The Kier molecular flexibility index (Phi) is 3.29. The largest absolute Gasteiger partial charge is 0.306 e. The molecule has 1 fully saturated rings. The fourth-order valence-corrected chi connectivity index (χ4v) is 2.63. The van der Waals surface area contributed by atoms with Crippen molar-refractivity contribution >= 4 is 0 Å². The highest BCUT2D eigenvalue weighted by Crippen LogP contribution is 2.23. The molecule has 0 N–H and O–H groups in total. The maximum absolute atomic E-state index is 4.55. The van der Waals surface area contributed by atoms with Gasteiger partial charge in [0.2, 0.25) is 0 Å². The van der Waals surface area contributed by atoms with Gasteiger partial charge in [-0.25, -0.2) is 0 Å². The molecule has 0 saturated carbocycles. The molecule has 1 aromatic carbocycles. The number of tetrazole rings is 1. The first kappa shape index (κ1) is 12.3. The fraction of sp³-hybridized carbons (Fsp3) is 0.500. The Labute approximate surface area is 113 Å². The number of nitrogens with zero attached hydrogens (tertiary/aromatic N) is 5. The van der Waals surface area contributed by atoms with E-state index in [-0.39, 0.29) is 0 Å². The minimum atomic E-state index is 0.414. The molecule has 0 amide bonds. The number of benzene rings is 1. The Hall–Kier alpha value is -1.75. The minimum absolute atomic E-state index is 0.414. The second-order valence-electron chi connectivity index (χ2n) is 5.38. The van der Waals surface area contributed by atoms with E-state index in [1.165, 1.54) is 18.5 Å². The van der Waals surface area contributed by atoms with Crippen molar-refractivity contribution in [1.82, 2.24) is 25.1 Å². The standard InChI is InChI=1S/C14H19N5/c1-11-5-3-7-13(9-11)19-16-14(15-17-19)12-6-4-8-18(2)10-12/h3,5,7,9,12H,4,6,8,10H2,1-2H3. The summed E-state index contributed by atoms with van der Waals surface area (Å²) < 4.78 is 0. The maximum atomic E-state index is 4.55. The maximum Gasteiger partial charge on any atom is 0.179 e. The summed E-state index contributed by atoms with van der Waals surface area (Å²) in [7, 11) is 2.15. The number of likely N-dealkylation sites (N-methyl/N-ethyl adjacent to an activating group) is 1. The molecule has 1 aliphatic heterocycles. The van der Waals surface area contributed by atoms with E-state index in [4.69, 9.17) is 0 Å². The average molecular weight is 257 g/mol. The molecular formula is C14H19N5. The fourth-order valence-electron chi connectivity index (χ4n) is 2.63. The molecule has 0 spiro atoms. The third-order valence-corrected chi connectivity index (χ3v) is 3.65. The van der Waals surface area contributed by atoms with Gasteiger partial charge in [-0.2, -0.15) is 0 Å². The zero-order valence-electron chi connectivity index (χ0n) is 11.5. The molecule has 2 heterocycles. The number of aromatic nitrogens is 4. The molecular weight excluding hydrogens is 238 g/mol. The highest BCUT2D eigenvalue weighted by molar-refractivity contribution is 5.33. The quantitative estimate of drug-likeness (QED) is 0.822. The van der Waals surface area contributed by atoms with Gasteiger partial charge in [0.1, 0.15) is 0 Å². The predicted molar refractivity (Wildman–Crippen MR) is 73.4 cm³/mol. The van der Waals surface area contributed by atoms with Gasteiger partial charge in [0, 0.05) is 12.5 Å². The second-order valence-corrected chi connectivity index (χ2v) is 5.38. The van der Waals surface area contributed by atoms with Gasteiger partial charge in [0.25, 0.3) is 0 Å². The molecule has 100 valence electrons. The van der Waals surface area contributed by atoms with Gasteiger partial charge in [0.15, 0.2) is 5.82 Å². The van der Waals surface area contributed by atoms with Gasteiger partial charge in [-0.15, -0.1) is 15.0 Å². The number of rotatable bonds is 2. The van der Waals surface area contributed by atoms with Crippen molar-refractivity contribution in [2.45, 2.75) is 25.7 Å². The molecule has 5 nitrogen and oxygen atoms in total. The Balaban J connectivity index is 1.83. The van der Waals surface area contributed by atoms with Gasteiger partial charge < -0.3 is 4.90 Å². The Bertz CT molecular complexity index is 562. The molecule has 3 rings (SSSR count). The third-order valence-electron chi connectivity index (χ3n) is 3.65. The van der Waals surface area contributed by atoms with E-state index in [2.05, 4.69) is 46.4 Å². The van der Waals surface area contributed by atoms with Crippen molar-refractivity contribution < 1.29 is 0 Å². The van der Waals surface area contributed by atoms with Crippen LogP contribution in [0.3, 0.4) is 0 Å². The molecule has 2 aromatic rings. The van der Waals surface area contributed by atoms with Crippen LogP contribution in [0.25, 0.3) is 5.69 Å². The lowest BCUT2D eigenvalue weighted by molar-refractivity contribution is 0.245. The number of piperidine rings is 1. The summed E-state index contributed by atoms with van der Waals surface area (Å²) in [6.45, 7) is 4.26. The monoisotopic (exact) mass is 257 g/mol. The lowest BCUT2D eigenvalue weighted by Crippen LogP contribution is -2.31. The van der Waals surface area contributed by atoms with Gasteiger partial charge in [-0.3, -0.25) is 0 Å². The van der Waals surface area contributed by atoms with E-state index >= 15 is 0 Å². The van der Waals surface area contributed by atoms with Crippen molar-refractivity contribution in [3.8, 4) is 5.69 Å². The third kappa shape index (κ3) is 2.66. The summed E-state index contributed by atoms with van der Waals surface area (Å²) in [6.07, 6.45) is 2.37. The molecule has 1 aromatic heterocycles. The molecule has 5 heteroatoms. The smallest absolute Gasteiger partial charge is 0.179 e. The lowest BCUT2D eigenvalue weighted by atomic mass is 9.98. The average Bonchev–Trinajstić information content (AvgIpc) is 2.88. The van der Waals surface area contributed by atoms with E-state index < -0.39 is 0 Å². The summed E-state index contributed by atoms with van der Waals surface area (Å²) >= 11 is 0. The van der Waals surface area contributed by atoms with Crippen molar-refractivity contribution in [1.29, 1.82) is 0 Å². The summed E-state index contributed by atoms with van der Waals surface area (Å²) in [5.41, 5.74) is 2.18. The van der Waals surface area contributed by atoms with Crippen LogP contribution in [0.15, 0.2) is 24.3 Å². The normalized spacial score (nSPS) is 20.6. The molecule has 0 aliphatic carbocycles. The van der Waals surface area contributed by atoms with Crippen LogP contribution in [0.4, 0.5) is 0 Å². The number of likely N-dealkylation sites (tertiary alicyclic amines) is 1. The summed E-state index contributed by atoms with van der Waals surface area (Å²) in [5.74, 6) is 1.28. The van der Waals surface area contributed by atoms with E-state index in [0.29, 0.717) is 5.92 Å². The first-order valence-electron chi connectivity index (χ1n) is 6.78. The molecule has 1 aliphatic rings. The van der Waals surface area contributed by atoms with Crippen molar-refractivity contribution in [2.24, 2.45) is 0 Å². The van der Waals surface area contributed by atoms with Crippen molar-refractivity contribution in [3.63, 3.8) is 0 Å². The van der Waals surface area contributed by atoms with Gasteiger partial charge in [-0.05, 0) is 56.3 Å². The SMILES string of the molecule is Cc1cccc(-n2nnc(C3CCCN(C)C3)n2)c1. The van der Waals surface area contributed by atoms with Gasteiger partial charge in [0.05, 0.1) is 5.69 Å². The zero-order chi connectivity index (χ0) is 13.2. The Morgan fingerprint density at radius 2 is 2.21 bits per heavy atom. The first-order chi connectivity index (χ1) is 9.22. The molecule has 1 saturated heterocycles. The highest BCUT2D eigenvalue weighted by atomic mass is 15.6. The van der Waals surface area contributed by atoms with E-state index in [1.54, 1.807) is 4.80 Å². The van der Waals surface area contributed by atoms with E-state index in [1.807, 2.05) is 12.1 Å². The summed E-state index contributed by atoms with van der Waals surface area (Å²) in [4.78, 5) is 3.97.